The van der Waals surface area contributed by atoms with Crippen LogP contribution in [0.1, 0.15) is 27.0 Å². The summed E-state index contributed by atoms with van der Waals surface area (Å²) in [5, 5.41) is 2.14. The number of methoxy groups -OCH3 is 1. The van der Waals surface area contributed by atoms with Gasteiger partial charge in [0.25, 0.3) is 0 Å². The molecule has 3 nitrogen and oxygen atoms in total. The minimum atomic E-state index is 0.00240. The van der Waals surface area contributed by atoms with Gasteiger partial charge in [-0.25, -0.2) is 0 Å². The van der Waals surface area contributed by atoms with E-state index in [1.54, 1.807) is 7.11 Å². The number of fused-ring (bicyclic) bond motifs is 2. The van der Waals surface area contributed by atoms with Crippen molar-refractivity contribution in [3.8, 4) is 5.75 Å². The highest BCUT2D eigenvalue weighted by molar-refractivity contribution is 6.40. The van der Waals surface area contributed by atoms with Crippen LogP contribution in [0.15, 0.2) is 91.0 Å². The summed E-state index contributed by atoms with van der Waals surface area (Å²) in [5.74, 6) is 1.42. The molecule has 1 aliphatic carbocycles. The summed E-state index contributed by atoms with van der Waals surface area (Å²) < 4.78 is 11.6. The molecule has 5 rings (SSSR count). The van der Waals surface area contributed by atoms with Crippen molar-refractivity contribution in [2.75, 3.05) is 7.11 Å². The van der Waals surface area contributed by atoms with Crippen molar-refractivity contribution in [3.63, 3.8) is 0 Å². The summed E-state index contributed by atoms with van der Waals surface area (Å²) in [6.45, 7) is 0.350. The molecule has 146 valence electrons. The third kappa shape index (κ3) is 3.05. The average Bonchev–Trinajstić information content (AvgIpc) is 3.09. The predicted molar refractivity (Wildman–Crippen MR) is 119 cm³/mol. The van der Waals surface area contributed by atoms with Gasteiger partial charge in [0.15, 0.2) is 5.78 Å². The maximum atomic E-state index is 13.4. The van der Waals surface area contributed by atoms with Crippen LogP contribution in [-0.4, -0.2) is 12.9 Å². The molecular weight excluding hydrogens is 372 g/mol. The van der Waals surface area contributed by atoms with Crippen molar-refractivity contribution in [1.29, 1.82) is 0 Å². The first-order valence-corrected chi connectivity index (χ1v) is 9.88. The Labute approximate surface area is 175 Å². The van der Waals surface area contributed by atoms with Gasteiger partial charge in [0, 0.05) is 11.1 Å². The molecule has 0 spiro atoms. The third-order valence-corrected chi connectivity index (χ3v) is 5.45. The topological polar surface area (TPSA) is 35.5 Å². The Balaban J connectivity index is 1.64. The third-order valence-electron chi connectivity index (χ3n) is 5.45. The van der Waals surface area contributed by atoms with Crippen molar-refractivity contribution in [3.05, 3.63) is 113 Å². The Morgan fingerprint density at radius 1 is 0.733 bits per heavy atom. The van der Waals surface area contributed by atoms with Crippen molar-refractivity contribution in [2.45, 2.75) is 6.61 Å². The molecule has 4 aromatic carbocycles. The molecule has 0 aromatic heterocycles. The normalized spacial score (nSPS) is 12.9. The fourth-order valence-electron chi connectivity index (χ4n) is 4.01. The Hall–Kier alpha value is -3.85. The molecule has 0 bridgehead atoms. The molecule has 0 unspecified atom stereocenters. The van der Waals surface area contributed by atoms with E-state index in [0.29, 0.717) is 23.5 Å². The second kappa shape index (κ2) is 7.53. The number of ketones is 1. The molecule has 0 N–H and O–H groups in total. The molecule has 0 aliphatic heterocycles. The van der Waals surface area contributed by atoms with Gasteiger partial charge in [-0.2, -0.15) is 0 Å². The van der Waals surface area contributed by atoms with Crippen LogP contribution in [0.25, 0.3) is 22.1 Å². The highest BCUT2D eigenvalue weighted by Crippen LogP contribution is 2.41. The van der Waals surface area contributed by atoms with E-state index in [1.807, 2.05) is 78.9 Å². The van der Waals surface area contributed by atoms with Gasteiger partial charge in [-0.1, -0.05) is 78.9 Å². The maximum absolute atomic E-state index is 13.4. The van der Waals surface area contributed by atoms with Crippen LogP contribution in [-0.2, 0) is 11.3 Å². The highest BCUT2D eigenvalue weighted by atomic mass is 16.5. The monoisotopic (exact) mass is 392 g/mol. The van der Waals surface area contributed by atoms with Crippen LogP contribution < -0.4 is 4.74 Å². The van der Waals surface area contributed by atoms with Crippen LogP contribution in [0.2, 0.25) is 0 Å². The fraction of sp³-hybridized carbons (Fsp3) is 0.0741. The number of hydrogen-bond donors (Lipinski definition) is 0. The summed E-state index contributed by atoms with van der Waals surface area (Å²) >= 11 is 0. The molecule has 30 heavy (non-hydrogen) atoms. The lowest BCUT2D eigenvalue weighted by Gasteiger charge is -2.13. The van der Waals surface area contributed by atoms with Crippen LogP contribution in [0.3, 0.4) is 0 Å². The van der Waals surface area contributed by atoms with Crippen molar-refractivity contribution in [1.82, 2.24) is 0 Å². The summed E-state index contributed by atoms with van der Waals surface area (Å²) in [6, 6.07) is 29.6. The van der Waals surface area contributed by atoms with E-state index in [-0.39, 0.29) is 5.78 Å². The number of Topliss-reactive ketones (excluding diaryl/α,β-unsaturated/α-hetero) is 1. The second-order valence-corrected chi connectivity index (χ2v) is 7.25. The zero-order chi connectivity index (χ0) is 20.5. The van der Waals surface area contributed by atoms with Crippen molar-refractivity contribution < 1.29 is 14.3 Å². The zero-order valence-electron chi connectivity index (χ0n) is 16.6. The fourth-order valence-corrected chi connectivity index (χ4v) is 4.01. The maximum Gasteiger partial charge on any atom is 0.198 e. The molecule has 0 radical (unpaired) electrons. The van der Waals surface area contributed by atoms with Gasteiger partial charge in [-0.3, -0.25) is 4.79 Å². The van der Waals surface area contributed by atoms with E-state index in [1.165, 1.54) is 0 Å². The standard InChI is InChI=1S/C27H20O3/c1-29-20-11-6-8-18(16-20)17-30-27-24-14-5-4-13-23(24)26(28)25(27)22-15-7-10-19-9-2-3-12-21(19)22/h2-16H,17H2,1H3. The van der Waals surface area contributed by atoms with Gasteiger partial charge in [-0.15, -0.1) is 0 Å². The van der Waals surface area contributed by atoms with Gasteiger partial charge in [0.1, 0.15) is 18.1 Å². The van der Waals surface area contributed by atoms with E-state index in [0.717, 1.165) is 33.2 Å². The Morgan fingerprint density at radius 3 is 2.30 bits per heavy atom. The Morgan fingerprint density at radius 2 is 1.43 bits per heavy atom. The largest absolute Gasteiger partial charge is 0.497 e. The van der Waals surface area contributed by atoms with Crippen molar-refractivity contribution in [2.24, 2.45) is 0 Å². The smallest absolute Gasteiger partial charge is 0.198 e. The number of carbonyl (C=O) groups excluding carboxylic acids is 1. The van der Waals surface area contributed by atoms with E-state index >= 15 is 0 Å². The minimum absolute atomic E-state index is 0.00240. The summed E-state index contributed by atoms with van der Waals surface area (Å²) in [5.41, 5.74) is 4.02. The molecule has 0 fully saturated rings. The molecule has 0 saturated carbocycles. The summed E-state index contributed by atoms with van der Waals surface area (Å²) in [4.78, 5) is 13.4. The number of rotatable bonds is 5. The van der Waals surface area contributed by atoms with E-state index in [2.05, 4.69) is 12.1 Å². The molecular formula is C27H20O3. The van der Waals surface area contributed by atoms with Crippen LogP contribution in [0.5, 0.6) is 5.75 Å². The summed E-state index contributed by atoms with van der Waals surface area (Å²) in [6.07, 6.45) is 0. The zero-order valence-corrected chi connectivity index (χ0v) is 16.6. The average molecular weight is 392 g/mol. The van der Waals surface area contributed by atoms with E-state index < -0.39 is 0 Å². The minimum Gasteiger partial charge on any atom is -0.497 e. The van der Waals surface area contributed by atoms with Gasteiger partial charge < -0.3 is 9.47 Å². The summed E-state index contributed by atoms with van der Waals surface area (Å²) in [7, 11) is 1.65. The predicted octanol–water partition coefficient (Wildman–Crippen LogP) is 6.13. The first-order valence-electron chi connectivity index (χ1n) is 9.88. The lowest BCUT2D eigenvalue weighted by atomic mass is 9.96. The highest BCUT2D eigenvalue weighted by Gasteiger charge is 2.32. The van der Waals surface area contributed by atoms with Crippen LogP contribution >= 0.6 is 0 Å². The Bertz CT molecular complexity index is 1300. The first kappa shape index (κ1) is 18.2. The molecule has 0 amide bonds. The second-order valence-electron chi connectivity index (χ2n) is 7.25. The van der Waals surface area contributed by atoms with Crippen LogP contribution in [0, 0.1) is 0 Å². The van der Waals surface area contributed by atoms with Gasteiger partial charge in [-0.05, 0) is 34.0 Å². The Kier molecular flexibility index (Phi) is 4.56. The quantitative estimate of drug-likeness (QED) is 0.410. The van der Waals surface area contributed by atoms with Crippen LogP contribution in [0.4, 0.5) is 0 Å². The van der Waals surface area contributed by atoms with E-state index in [9.17, 15) is 4.79 Å². The SMILES string of the molecule is COc1cccc(COC2=C(c3cccc4ccccc34)C(=O)c3ccccc32)c1. The molecule has 0 atom stereocenters. The molecule has 4 aromatic rings. The first-order chi connectivity index (χ1) is 14.8. The molecule has 3 heteroatoms. The number of allylic oxidation sites excluding steroid dienone is 1. The van der Waals surface area contributed by atoms with Gasteiger partial charge in [0.05, 0.1) is 12.7 Å². The van der Waals surface area contributed by atoms with Gasteiger partial charge >= 0.3 is 0 Å². The number of carbonyl (C=O) groups is 1. The molecule has 1 aliphatic rings. The van der Waals surface area contributed by atoms with Crippen molar-refractivity contribution >= 4 is 27.9 Å². The number of ether oxygens (including phenoxy) is 2. The molecule has 0 saturated heterocycles. The lowest BCUT2D eigenvalue weighted by molar-refractivity contribution is 0.105. The molecule has 0 heterocycles. The number of benzene rings is 4. The number of hydrogen-bond acceptors (Lipinski definition) is 3. The lowest BCUT2D eigenvalue weighted by Crippen LogP contribution is -2.00. The van der Waals surface area contributed by atoms with Gasteiger partial charge in [0.2, 0.25) is 0 Å². The van der Waals surface area contributed by atoms with E-state index in [4.69, 9.17) is 9.47 Å².